The molecule has 0 fully saturated rings. The van der Waals surface area contributed by atoms with Crippen LogP contribution in [0.5, 0.6) is 0 Å². The molecule has 0 N–H and O–H groups in total. The maximum absolute atomic E-state index is 2.58. The molecule has 1 nitrogen and oxygen atoms in total. The van der Waals surface area contributed by atoms with E-state index >= 15 is 0 Å². The van der Waals surface area contributed by atoms with Crippen LogP contribution in [-0.2, 0) is 21.7 Å². The highest BCUT2D eigenvalue weighted by Gasteiger charge is 2.60. The Kier molecular flexibility index (Phi) is 6.83. The third-order valence-corrected chi connectivity index (χ3v) is 15.4. The summed E-state index contributed by atoms with van der Waals surface area (Å²) >= 11 is 0. The van der Waals surface area contributed by atoms with Gasteiger partial charge in [-0.1, -0.05) is 152 Å². The highest BCUT2D eigenvalue weighted by Crippen LogP contribution is 2.67. The van der Waals surface area contributed by atoms with Crippen LogP contribution in [0, 0.1) is 19.8 Å². The first-order valence-electron chi connectivity index (χ1n) is 20.9. The second-order valence-electron chi connectivity index (χ2n) is 19.1. The van der Waals surface area contributed by atoms with Crippen molar-refractivity contribution in [2.24, 2.45) is 5.92 Å². The number of hydrogen-bond acceptors (Lipinski definition) is 1. The Morgan fingerprint density at radius 2 is 0.754 bits per heavy atom. The molecular weight excluding hydrogens is 687 g/mol. The van der Waals surface area contributed by atoms with Gasteiger partial charge in [0.1, 0.15) is 0 Å². The van der Waals surface area contributed by atoms with Crippen LogP contribution in [0.3, 0.4) is 0 Å². The molecule has 11 rings (SSSR count). The molecule has 0 radical (unpaired) electrons. The predicted octanol–water partition coefficient (Wildman–Crippen LogP) is 14.6. The van der Waals surface area contributed by atoms with Crippen LogP contribution in [0.2, 0.25) is 0 Å². The summed E-state index contributed by atoms with van der Waals surface area (Å²) in [5, 5.41) is 0. The first-order chi connectivity index (χ1) is 27.3. The maximum atomic E-state index is 2.58. The minimum atomic E-state index is -0.272. The fourth-order valence-corrected chi connectivity index (χ4v) is 12.4. The van der Waals surface area contributed by atoms with Gasteiger partial charge in [0.25, 0.3) is 0 Å². The molecule has 4 aliphatic carbocycles. The lowest BCUT2D eigenvalue weighted by Crippen LogP contribution is -2.37. The molecule has 0 saturated heterocycles. The molecule has 1 heteroatoms. The van der Waals surface area contributed by atoms with E-state index in [1.807, 2.05) is 0 Å². The molecule has 280 valence electrons. The molecule has 7 aromatic rings. The first kappa shape index (κ1) is 34.6. The van der Waals surface area contributed by atoms with Gasteiger partial charge in [-0.05, 0) is 151 Å². The van der Waals surface area contributed by atoms with Crippen molar-refractivity contribution in [1.82, 2.24) is 0 Å². The molecule has 7 aromatic carbocycles. The normalized spacial score (nSPS) is 20.3. The first-order valence-corrected chi connectivity index (χ1v) is 20.9. The van der Waals surface area contributed by atoms with Gasteiger partial charge >= 0.3 is 0 Å². The molecule has 1 spiro atoms. The summed E-state index contributed by atoms with van der Waals surface area (Å²) in [5.74, 6) is 0.337. The van der Waals surface area contributed by atoms with Gasteiger partial charge in [0, 0.05) is 27.9 Å². The van der Waals surface area contributed by atoms with Gasteiger partial charge in [-0.25, -0.2) is 0 Å². The minimum absolute atomic E-state index is 0.0169. The van der Waals surface area contributed by atoms with Crippen molar-refractivity contribution in [3.63, 3.8) is 0 Å². The van der Waals surface area contributed by atoms with Crippen LogP contribution in [0.25, 0.3) is 33.4 Å². The van der Waals surface area contributed by atoms with E-state index in [-0.39, 0.29) is 21.7 Å². The Balaban J connectivity index is 1.18. The quantitative estimate of drug-likeness (QED) is 0.175. The van der Waals surface area contributed by atoms with Crippen LogP contribution in [0.15, 0.2) is 140 Å². The van der Waals surface area contributed by atoms with E-state index in [1.165, 1.54) is 106 Å². The number of nitrogens with zero attached hydrogens (tertiary/aromatic N) is 1. The number of fused-ring (bicyclic) bond motifs is 13. The number of rotatable bonds is 3. The van der Waals surface area contributed by atoms with Crippen molar-refractivity contribution in [2.75, 3.05) is 4.90 Å². The van der Waals surface area contributed by atoms with Crippen LogP contribution in [0.1, 0.15) is 104 Å². The smallest absolute Gasteiger partial charge is 0.0503 e. The molecule has 0 aliphatic heterocycles. The molecule has 2 unspecified atom stereocenters. The summed E-state index contributed by atoms with van der Waals surface area (Å²) in [7, 11) is 0. The van der Waals surface area contributed by atoms with Crippen LogP contribution >= 0.6 is 0 Å². The largest absolute Gasteiger partial charge is 0.310 e. The van der Waals surface area contributed by atoms with Gasteiger partial charge in [-0.15, -0.1) is 0 Å². The fourth-order valence-electron chi connectivity index (χ4n) is 12.4. The van der Waals surface area contributed by atoms with Crippen molar-refractivity contribution < 1.29 is 0 Å². The number of aryl methyl sites for hydroxylation is 2. The van der Waals surface area contributed by atoms with Crippen molar-refractivity contribution in [2.45, 2.75) is 84.0 Å². The minimum Gasteiger partial charge on any atom is -0.310 e. The molecule has 0 bridgehead atoms. The van der Waals surface area contributed by atoms with Crippen molar-refractivity contribution >= 4 is 17.1 Å². The van der Waals surface area contributed by atoms with Crippen LogP contribution in [0.4, 0.5) is 17.1 Å². The SMILES string of the molecule is Cc1ccc(C)c2c1C(C)(C)C(C)C21c2ccccc2-c2ccc(N(c3ccc4c(c3)C(C)(C)c3ccccc3-4)c3ccc4c(c3)C(C)(C)c3ccccc3-4)cc21. The van der Waals surface area contributed by atoms with E-state index in [4.69, 9.17) is 0 Å². The Labute approximate surface area is 339 Å². The summed E-state index contributed by atoms with van der Waals surface area (Å²) in [5.41, 5.74) is 25.5. The third-order valence-electron chi connectivity index (χ3n) is 15.4. The zero-order valence-electron chi connectivity index (χ0n) is 34.8. The number of anilines is 3. The van der Waals surface area contributed by atoms with E-state index in [2.05, 4.69) is 207 Å². The number of hydrogen-bond donors (Lipinski definition) is 0. The average Bonchev–Trinajstić information content (AvgIpc) is 3.79. The van der Waals surface area contributed by atoms with Crippen molar-refractivity contribution in [3.05, 3.63) is 195 Å². The van der Waals surface area contributed by atoms with E-state index < -0.39 is 0 Å². The van der Waals surface area contributed by atoms with Crippen molar-refractivity contribution in [1.29, 1.82) is 0 Å². The Bertz CT molecular complexity index is 2770. The molecular formula is C56H51N. The molecule has 0 saturated carbocycles. The van der Waals surface area contributed by atoms with Gasteiger partial charge in [0.15, 0.2) is 0 Å². The second-order valence-corrected chi connectivity index (χ2v) is 19.1. The molecule has 0 aromatic heterocycles. The summed E-state index contributed by atoms with van der Waals surface area (Å²) in [6.07, 6.45) is 0. The monoisotopic (exact) mass is 737 g/mol. The average molecular weight is 738 g/mol. The molecule has 0 heterocycles. The Hall–Kier alpha value is -5.66. The van der Waals surface area contributed by atoms with E-state index in [0.717, 1.165) is 0 Å². The topological polar surface area (TPSA) is 3.24 Å². The van der Waals surface area contributed by atoms with E-state index in [9.17, 15) is 0 Å². The standard InChI is InChI=1S/C56H51N/c1-33-22-23-34(2)52-51(33)53(4,5)35(3)56(52)47-21-15-12-18-41(47)44-29-26-38(32-50(44)56)57(36-24-27-42-39-16-10-13-19-45(39)54(6,7)48(42)30-36)37-25-28-43-40-17-11-14-20-46(40)55(8,9)49(43)31-37/h10-32,35H,1-9H3. The van der Waals surface area contributed by atoms with Gasteiger partial charge in [-0.2, -0.15) is 0 Å². The van der Waals surface area contributed by atoms with Gasteiger partial charge in [0.2, 0.25) is 0 Å². The summed E-state index contributed by atoms with van der Waals surface area (Å²) in [4.78, 5) is 2.56. The highest BCUT2D eigenvalue weighted by molar-refractivity contribution is 5.92. The summed E-state index contributed by atoms with van der Waals surface area (Å²) < 4.78 is 0. The fraction of sp³-hybridized carbons (Fsp3) is 0.250. The van der Waals surface area contributed by atoms with Gasteiger partial charge in [0.05, 0.1) is 5.41 Å². The number of benzene rings is 7. The van der Waals surface area contributed by atoms with Gasteiger partial charge < -0.3 is 4.90 Å². The molecule has 2 atom stereocenters. The molecule has 57 heavy (non-hydrogen) atoms. The maximum Gasteiger partial charge on any atom is 0.0503 e. The lowest BCUT2D eigenvalue weighted by Gasteiger charge is -2.39. The van der Waals surface area contributed by atoms with Crippen LogP contribution < -0.4 is 4.90 Å². The van der Waals surface area contributed by atoms with Gasteiger partial charge in [-0.3, -0.25) is 0 Å². The second kappa shape index (κ2) is 11.3. The summed E-state index contributed by atoms with van der Waals surface area (Å²) in [6.45, 7) is 21.7. The zero-order chi connectivity index (χ0) is 39.4. The lowest BCUT2D eigenvalue weighted by molar-refractivity contribution is 0.302. The molecule has 0 amide bonds. The zero-order valence-corrected chi connectivity index (χ0v) is 34.8. The van der Waals surface area contributed by atoms with E-state index in [1.54, 1.807) is 0 Å². The predicted molar refractivity (Wildman–Crippen MR) is 240 cm³/mol. The van der Waals surface area contributed by atoms with Crippen LogP contribution in [-0.4, -0.2) is 0 Å². The van der Waals surface area contributed by atoms with E-state index in [0.29, 0.717) is 5.92 Å². The van der Waals surface area contributed by atoms with Crippen molar-refractivity contribution in [3.8, 4) is 33.4 Å². The third kappa shape index (κ3) is 4.20. The highest BCUT2D eigenvalue weighted by atomic mass is 15.1. The molecule has 4 aliphatic rings. The Morgan fingerprint density at radius 1 is 0.386 bits per heavy atom. The lowest BCUT2D eigenvalue weighted by atomic mass is 9.63. The summed E-state index contributed by atoms with van der Waals surface area (Å²) in [6, 6.07) is 53.9. The Morgan fingerprint density at radius 3 is 1.25 bits per heavy atom.